The maximum atomic E-state index is 11.5. The Balaban J connectivity index is 3.47. The predicted octanol–water partition coefficient (Wildman–Crippen LogP) is 2.98. The normalized spacial score (nSPS) is 12.3. The Kier molecular flexibility index (Phi) is 10.7. The van der Waals surface area contributed by atoms with E-state index in [4.69, 9.17) is 10.5 Å². The second kappa shape index (κ2) is 11.4. The zero-order chi connectivity index (χ0) is 16.1. The highest BCUT2D eigenvalue weighted by Gasteiger charge is 2.15. The second-order valence-corrected chi connectivity index (χ2v) is 6.30. The summed E-state index contributed by atoms with van der Waals surface area (Å²) in [5.41, 5.74) is 5.35. The van der Waals surface area contributed by atoms with Gasteiger partial charge in [0.25, 0.3) is 0 Å². The fourth-order valence-corrected chi connectivity index (χ4v) is 1.78. The molecule has 5 heteroatoms. The Hall–Kier alpha value is -1.26. The standard InChI is InChI=1S/C16H33N3O2/c1-5-6-12-18-15(17)19-13-10-8-7-9-11-14(20)21-16(2,3)4/h5-13H2,1-4H3,(H3,17,18,19). The average molecular weight is 299 g/mol. The van der Waals surface area contributed by atoms with E-state index in [9.17, 15) is 4.79 Å². The molecule has 0 rings (SSSR count). The van der Waals surface area contributed by atoms with Gasteiger partial charge < -0.3 is 15.8 Å². The van der Waals surface area contributed by atoms with Crippen molar-refractivity contribution in [2.45, 2.75) is 78.2 Å². The van der Waals surface area contributed by atoms with Crippen LogP contribution in [0.1, 0.15) is 72.6 Å². The van der Waals surface area contributed by atoms with Crippen molar-refractivity contribution in [1.29, 1.82) is 0 Å². The van der Waals surface area contributed by atoms with Crippen LogP contribution in [0.3, 0.4) is 0 Å². The first kappa shape index (κ1) is 19.7. The van der Waals surface area contributed by atoms with Gasteiger partial charge in [-0.05, 0) is 40.0 Å². The maximum absolute atomic E-state index is 11.5. The van der Waals surface area contributed by atoms with Crippen molar-refractivity contribution in [3.05, 3.63) is 0 Å². The molecule has 0 aliphatic rings. The quantitative estimate of drug-likeness (QED) is 0.281. The summed E-state index contributed by atoms with van der Waals surface area (Å²) in [6.07, 6.45) is 6.74. The molecule has 0 aliphatic carbocycles. The highest BCUT2D eigenvalue weighted by molar-refractivity contribution is 5.77. The lowest BCUT2D eigenvalue weighted by Gasteiger charge is -2.19. The summed E-state index contributed by atoms with van der Waals surface area (Å²) in [6.45, 7) is 9.46. The van der Waals surface area contributed by atoms with Gasteiger partial charge in [0.05, 0.1) is 0 Å². The van der Waals surface area contributed by atoms with E-state index in [1.807, 2.05) is 20.8 Å². The second-order valence-electron chi connectivity index (χ2n) is 6.30. The SMILES string of the molecule is CCCCNC(N)=NCCCCCCC(=O)OC(C)(C)C. The van der Waals surface area contributed by atoms with Crippen LogP contribution in [0.4, 0.5) is 0 Å². The van der Waals surface area contributed by atoms with Crippen LogP contribution in [0.2, 0.25) is 0 Å². The van der Waals surface area contributed by atoms with Crippen LogP contribution < -0.4 is 11.1 Å². The number of guanidine groups is 1. The van der Waals surface area contributed by atoms with Crippen LogP contribution in [0, 0.1) is 0 Å². The van der Waals surface area contributed by atoms with Gasteiger partial charge >= 0.3 is 5.97 Å². The molecule has 0 fully saturated rings. The van der Waals surface area contributed by atoms with E-state index in [2.05, 4.69) is 17.2 Å². The van der Waals surface area contributed by atoms with E-state index >= 15 is 0 Å². The predicted molar refractivity (Wildman–Crippen MR) is 88.3 cm³/mol. The Morgan fingerprint density at radius 3 is 2.43 bits per heavy atom. The number of carbonyl (C=O) groups excluding carboxylic acids is 1. The zero-order valence-electron chi connectivity index (χ0n) is 14.2. The molecule has 3 N–H and O–H groups in total. The van der Waals surface area contributed by atoms with Crippen LogP contribution >= 0.6 is 0 Å². The molecular weight excluding hydrogens is 266 g/mol. The molecule has 0 unspecified atom stereocenters. The first-order valence-electron chi connectivity index (χ1n) is 8.11. The summed E-state index contributed by atoms with van der Waals surface area (Å²) >= 11 is 0. The molecule has 0 atom stereocenters. The Bertz CT molecular complexity index is 309. The molecular formula is C16H33N3O2. The van der Waals surface area contributed by atoms with Gasteiger partial charge in [-0.2, -0.15) is 0 Å². The fraction of sp³-hybridized carbons (Fsp3) is 0.875. The van der Waals surface area contributed by atoms with Gasteiger partial charge in [0.2, 0.25) is 0 Å². The number of rotatable bonds is 10. The minimum absolute atomic E-state index is 0.107. The largest absolute Gasteiger partial charge is 0.460 e. The molecule has 0 radical (unpaired) electrons. The average Bonchev–Trinajstić information content (AvgIpc) is 2.35. The van der Waals surface area contributed by atoms with Gasteiger partial charge in [-0.3, -0.25) is 9.79 Å². The van der Waals surface area contributed by atoms with Crippen molar-refractivity contribution in [3.63, 3.8) is 0 Å². The minimum Gasteiger partial charge on any atom is -0.460 e. The van der Waals surface area contributed by atoms with Gasteiger partial charge in [-0.15, -0.1) is 0 Å². The molecule has 21 heavy (non-hydrogen) atoms. The van der Waals surface area contributed by atoms with Crippen molar-refractivity contribution >= 4 is 11.9 Å². The number of carbonyl (C=O) groups is 1. The van der Waals surface area contributed by atoms with Crippen LogP contribution in [0.15, 0.2) is 4.99 Å². The third-order valence-corrected chi connectivity index (χ3v) is 2.83. The van der Waals surface area contributed by atoms with E-state index < -0.39 is 0 Å². The zero-order valence-corrected chi connectivity index (χ0v) is 14.2. The van der Waals surface area contributed by atoms with Crippen LogP contribution in [0.5, 0.6) is 0 Å². The van der Waals surface area contributed by atoms with Gasteiger partial charge in [0.1, 0.15) is 5.60 Å². The summed E-state index contributed by atoms with van der Waals surface area (Å²) in [7, 11) is 0. The van der Waals surface area contributed by atoms with Gasteiger partial charge in [0.15, 0.2) is 5.96 Å². The number of hydrogen-bond donors (Lipinski definition) is 2. The number of nitrogens with two attached hydrogens (primary N) is 1. The molecule has 0 saturated carbocycles. The third kappa shape index (κ3) is 15.0. The molecule has 0 aliphatic heterocycles. The Morgan fingerprint density at radius 1 is 1.14 bits per heavy atom. The van der Waals surface area contributed by atoms with Crippen molar-refractivity contribution < 1.29 is 9.53 Å². The first-order chi connectivity index (χ1) is 9.85. The summed E-state index contributed by atoms with van der Waals surface area (Å²) in [5, 5.41) is 3.09. The smallest absolute Gasteiger partial charge is 0.306 e. The topological polar surface area (TPSA) is 76.7 Å². The number of hydrogen-bond acceptors (Lipinski definition) is 3. The summed E-state index contributed by atoms with van der Waals surface area (Å²) < 4.78 is 5.26. The van der Waals surface area contributed by atoms with E-state index in [1.165, 1.54) is 0 Å². The van der Waals surface area contributed by atoms with Crippen molar-refractivity contribution in [3.8, 4) is 0 Å². The van der Waals surface area contributed by atoms with Crippen molar-refractivity contribution in [2.75, 3.05) is 13.1 Å². The van der Waals surface area contributed by atoms with Crippen LogP contribution in [-0.4, -0.2) is 30.6 Å². The Morgan fingerprint density at radius 2 is 1.81 bits per heavy atom. The third-order valence-electron chi connectivity index (χ3n) is 2.83. The fourth-order valence-electron chi connectivity index (χ4n) is 1.78. The molecule has 0 saturated heterocycles. The van der Waals surface area contributed by atoms with Crippen molar-refractivity contribution in [2.24, 2.45) is 10.7 Å². The van der Waals surface area contributed by atoms with E-state index in [-0.39, 0.29) is 11.6 Å². The van der Waals surface area contributed by atoms with E-state index in [0.29, 0.717) is 12.4 Å². The number of aliphatic imine (C=N–C) groups is 1. The van der Waals surface area contributed by atoms with Gasteiger partial charge in [-0.25, -0.2) is 0 Å². The lowest BCUT2D eigenvalue weighted by molar-refractivity contribution is -0.154. The minimum atomic E-state index is -0.381. The summed E-state index contributed by atoms with van der Waals surface area (Å²) in [5.74, 6) is 0.432. The van der Waals surface area contributed by atoms with E-state index in [1.54, 1.807) is 0 Å². The number of ether oxygens (including phenoxy) is 1. The van der Waals surface area contributed by atoms with Gasteiger partial charge in [-0.1, -0.05) is 26.2 Å². The summed E-state index contributed by atoms with van der Waals surface area (Å²) in [4.78, 5) is 15.8. The van der Waals surface area contributed by atoms with Crippen LogP contribution in [-0.2, 0) is 9.53 Å². The highest BCUT2D eigenvalue weighted by atomic mass is 16.6. The molecule has 5 nitrogen and oxygen atoms in total. The molecule has 124 valence electrons. The molecule has 0 spiro atoms. The number of nitrogens with zero attached hydrogens (tertiary/aromatic N) is 1. The Labute approximate surface area is 129 Å². The monoisotopic (exact) mass is 299 g/mol. The molecule has 0 amide bonds. The molecule has 0 aromatic rings. The molecule has 0 bridgehead atoms. The van der Waals surface area contributed by atoms with E-state index in [0.717, 1.165) is 51.6 Å². The number of unbranched alkanes of at least 4 members (excludes halogenated alkanes) is 4. The molecule has 0 heterocycles. The first-order valence-corrected chi connectivity index (χ1v) is 8.11. The lowest BCUT2D eigenvalue weighted by atomic mass is 10.1. The lowest BCUT2D eigenvalue weighted by Crippen LogP contribution is -2.32. The summed E-state index contributed by atoms with van der Waals surface area (Å²) in [6, 6.07) is 0. The maximum Gasteiger partial charge on any atom is 0.306 e. The number of nitrogens with one attached hydrogen (secondary N) is 1. The molecule has 0 aromatic heterocycles. The van der Waals surface area contributed by atoms with Crippen molar-refractivity contribution in [1.82, 2.24) is 5.32 Å². The highest BCUT2D eigenvalue weighted by Crippen LogP contribution is 2.11. The number of esters is 1. The molecule has 0 aromatic carbocycles. The van der Waals surface area contributed by atoms with Gasteiger partial charge in [0, 0.05) is 19.5 Å². The van der Waals surface area contributed by atoms with Crippen LogP contribution in [0.25, 0.3) is 0 Å².